The molecule has 0 unspecified atom stereocenters. The van der Waals surface area contributed by atoms with Gasteiger partial charge in [-0.05, 0) is 32.3 Å². The van der Waals surface area contributed by atoms with Crippen LogP contribution in [0.1, 0.15) is 25.5 Å². The number of rotatable bonds is 2. The van der Waals surface area contributed by atoms with Crippen LogP contribution in [0.2, 0.25) is 10.0 Å². The molecule has 4 heteroatoms. The van der Waals surface area contributed by atoms with Crippen molar-refractivity contribution in [1.82, 2.24) is 4.57 Å². The molecule has 1 aliphatic heterocycles. The van der Waals surface area contributed by atoms with Crippen molar-refractivity contribution in [2.45, 2.75) is 32.7 Å². The summed E-state index contributed by atoms with van der Waals surface area (Å²) in [6.07, 6.45) is 3.55. The van der Waals surface area contributed by atoms with Crippen LogP contribution in [0.3, 0.4) is 0 Å². The van der Waals surface area contributed by atoms with E-state index in [-0.39, 0.29) is 0 Å². The fourth-order valence-electron chi connectivity index (χ4n) is 2.71. The molecule has 1 aliphatic rings. The first-order chi connectivity index (χ1) is 8.72. The summed E-state index contributed by atoms with van der Waals surface area (Å²) in [6.45, 7) is 3.63. The standard InChI is InChI=1S/C14H15Cl2NO/c1-2-18-12-8-11(15)13(16)14-10(12)7-9-5-3-4-6-17(9)14/h7-8H,2-6H2,1H3. The van der Waals surface area contributed by atoms with Gasteiger partial charge in [-0.3, -0.25) is 0 Å². The van der Waals surface area contributed by atoms with Crippen molar-refractivity contribution >= 4 is 34.1 Å². The first kappa shape index (κ1) is 12.2. The van der Waals surface area contributed by atoms with E-state index < -0.39 is 0 Å². The van der Waals surface area contributed by atoms with E-state index >= 15 is 0 Å². The Hall–Kier alpha value is -0.860. The molecule has 0 amide bonds. The highest BCUT2D eigenvalue weighted by atomic mass is 35.5. The van der Waals surface area contributed by atoms with E-state index in [1.165, 1.54) is 18.5 Å². The van der Waals surface area contributed by atoms with Crippen molar-refractivity contribution in [2.75, 3.05) is 6.61 Å². The number of nitrogens with zero attached hydrogens (tertiary/aromatic N) is 1. The number of aromatic nitrogens is 1. The second-order valence-corrected chi connectivity index (χ2v) is 5.40. The van der Waals surface area contributed by atoms with Crippen LogP contribution in [0.4, 0.5) is 0 Å². The van der Waals surface area contributed by atoms with Gasteiger partial charge in [0, 0.05) is 23.7 Å². The molecule has 0 saturated heterocycles. The predicted octanol–water partition coefficient (Wildman–Crippen LogP) is 4.68. The first-order valence-corrected chi connectivity index (χ1v) is 7.11. The van der Waals surface area contributed by atoms with Crippen LogP contribution in [0, 0.1) is 0 Å². The largest absolute Gasteiger partial charge is 0.493 e. The maximum Gasteiger partial charge on any atom is 0.130 e. The summed E-state index contributed by atoms with van der Waals surface area (Å²) in [4.78, 5) is 0. The molecule has 18 heavy (non-hydrogen) atoms. The SMILES string of the molecule is CCOc1cc(Cl)c(Cl)c2c1cc1n2CCCC1. The van der Waals surface area contributed by atoms with Crippen molar-refractivity contribution in [3.05, 3.63) is 27.9 Å². The summed E-state index contributed by atoms with van der Waals surface area (Å²) in [5.41, 5.74) is 2.36. The zero-order valence-corrected chi connectivity index (χ0v) is 11.8. The van der Waals surface area contributed by atoms with Gasteiger partial charge in [-0.15, -0.1) is 0 Å². The third-order valence-corrected chi connectivity index (χ3v) is 4.27. The van der Waals surface area contributed by atoms with Gasteiger partial charge in [0.05, 0.1) is 22.2 Å². The first-order valence-electron chi connectivity index (χ1n) is 6.35. The van der Waals surface area contributed by atoms with Gasteiger partial charge < -0.3 is 9.30 Å². The van der Waals surface area contributed by atoms with Gasteiger partial charge in [0.15, 0.2) is 0 Å². The van der Waals surface area contributed by atoms with Crippen molar-refractivity contribution in [3.63, 3.8) is 0 Å². The van der Waals surface area contributed by atoms with Crippen LogP contribution < -0.4 is 4.74 Å². The van der Waals surface area contributed by atoms with Crippen molar-refractivity contribution in [3.8, 4) is 5.75 Å². The smallest absolute Gasteiger partial charge is 0.130 e. The lowest BCUT2D eigenvalue weighted by Crippen LogP contribution is -2.09. The number of benzene rings is 1. The minimum Gasteiger partial charge on any atom is -0.493 e. The molecule has 0 N–H and O–H groups in total. The maximum atomic E-state index is 6.37. The van der Waals surface area contributed by atoms with Crippen molar-refractivity contribution in [1.29, 1.82) is 0 Å². The summed E-state index contributed by atoms with van der Waals surface area (Å²) in [6, 6.07) is 4.02. The zero-order valence-electron chi connectivity index (χ0n) is 10.3. The molecule has 0 bridgehead atoms. The average molecular weight is 284 g/mol. The quantitative estimate of drug-likeness (QED) is 0.780. The van der Waals surface area contributed by atoms with Gasteiger partial charge in [0.25, 0.3) is 0 Å². The number of ether oxygens (including phenoxy) is 1. The van der Waals surface area contributed by atoms with Crippen molar-refractivity contribution < 1.29 is 4.74 Å². The Labute approximate surface area is 116 Å². The summed E-state index contributed by atoms with van der Waals surface area (Å²) >= 11 is 12.6. The maximum absolute atomic E-state index is 6.37. The van der Waals surface area contributed by atoms with Gasteiger partial charge >= 0.3 is 0 Å². The zero-order chi connectivity index (χ0) is 12.7. The molecule has 0 atom stereocenters. The summed E-state index contributed by atoms with van der Waals surface area (Å²) in [5.74, 6) is 0.837. The number of fused-ring (bicyclic) bond motifs is 3. The highest BCUT2D eigenvalue weighted by Gasteiger charge is 2.19. The van der Waals surface area contributed by atoms with E-state index in [0.717, 1.165) is 29.6 Å². The molecule has 1 aromatic heterocycles. The molecule has 96 valence electrons. The second-order valence-electron chi connectivity index (χ2n) is 4.61. The third kappa shape index (κ3) is 1.79. The van der Waals surface area contributed by atoms with Crippen LogP contribution in [0.15, 0.2) is 12.1 Å². The third-order valence-electron chi connectivity index (χ3n) is 3.49. The van der Waals surface area contributed by atoms with Gasteiger partial charge in [-0.1, -0.05) is 23.2 Å². The lowest BCUT2D eigenvalue weighted by molar-refractivity contribution is 0.344. The Morgan fingerprint density at radius 2 is 2.11 bits per heavy atom. The fourth-order valence-corrected chi connectivity index (χ4v) is 3.16. The molecule has 2 nitrogen and oxygen atoms in total. The monoisotopic (exact) mass is 283 g/mol. The molecule has 2 heterocycles. The van der Waals surface area contributed by atoms with E-state index in [1.807, 2.05) is 13.0 Å². The summed E-state index contributed by atoms with van der Waals surface area (Å²) < 4.78 is 7.96. The fraction of sp³-hybridized carbons (Fsp3) is 0.429. The molecule has 0 spiro atoms. The van der Waals surface area contributed by atoms with Gasteiger partial charge in [-0.2, -0.15) is 0 Å². The molecule has 0 radical (unpaired) electrons. The molecule has 1 aromatic carbocycles. The van der Waals surface area contributed by atoms with Crippen LogP contribution in [0.25, 0.3) is 10.9 Å². The van der Waals surface area contributed by atoms with Crippen molar-refractivity contribution in [2.24, 2.45) is 0 Å². The lowest BCUT2D eigenvalue weighted by atomic mass is 10.1. The van der Waals surface area contributed by atoms with Crippen LogP contribution in [-0.2, 0) is 13.0 Å². The average Bonchev–Trinajstić information content (AvgIpc) is 2.75. The highest BCUT2D eigenvalue weighted by Crippen LogP contribution is 2.40. The van der Waals surface area contributed by atoms with E-state index in [4.69, 9.17) is 27.9 Å². The Bertz CT molecular complexity index is 604. The lowest BCUT2D eigenvalue weighted by Gasteiger charge is -2.16. The molecule has 0 fully saturated rings. The Morgan fingerprint density at radius 3 is 2.89 bits per heavy atom. The Balaban J connectivity index is 2.32. The molecule has 0 saturated carbocycles. The predicted molar refractivity (Wildman–Crippen MR) is 76.1 cm³/mol. The minimum atomic E-state index is 0.569. The Kier molecular flexibility index (Phi) is 3.16. The van der Waals surface area contributed by atoms with E-state index in [0.29, 0.717) is 16.7 Å². The van der Waals surface area contributed by atoms with Crippen LogP contribution in [0.5, 0.6) is 5.75 Å². The molecular weight excluding hydrogens is 269 g/mol. The number of hydrogen-bond donors (Lipinski definition) is 0. The topological polar surface area (TPSA) is 14.2 Å². The summed E-state index contributed by atoms with van der Waals surface area (Å²) in [7, 11) is 0. The number of hydrogen-bond acceptors (Lipinski definition) is 1. The molecule has 2 aromatic rings. The van der Waals surface area contributed by atoms with Gasteiger partial charge in [0.1, 0.15) is 5.75 Å². The van der Waals surface area contributed by atoms with E-state index in [2.05, 4.69) is 10.6 Å². The highest BCUT2D eigenvalue weighted by molar-refractivity contribution is 6.45. The van der Waals surface area contributed by atoms with Crippen LogP contribution in [-0.4, -0.2) is 11.2 Å². The minimum absolute atomic E-state index is 0.569. The Morgan fingerprint density at radius 1 is 1.28 bits per heavy atom. The summed E-state index contributed by atoms with van der Waals surface area (Å²) in [5, 5.41) is 2.30. The second kappa shape index (κ2) is 4.67. The molecule has 0 aliphatic carbocycles. The van der Waals surface area contributed by atoms with Gasteiger partial charge in [0.2, 0.25) is 0 Å². The number of aryl methyl sites for hydroxylation is 2. The molecular formula is C14H15Cl2NO. The van der Waals surface area contributed by atoms with Crippen LogP contribution >= 0.6 is 23.2 Å². The van der Waals surface area contributed by atoms with Gasteiger partial charge in [-0.25, -0.2) is 0 Å². The normalized spacial score (nSPS) is 14.8. The van der Waals surface area contributed by atoms with E-state index in [1.54, 1.807) is 0 Å². The van der Waals surface area contributed by atoms with E-state index in [9.17, 15) is 0 Å². The molecule has 3 rings (SSSR count). The number of halogens is 2.